The Morgan fingerprint density at radius 3 is 2.44 bits per heavy atom. The van der Waals surface area contributed by atoms with Crippen molar-refractivity contribution in [3.05, 3.63) is 36.9 Å². The van der Waals surface area contributed by atoms with E-state index in [1.165, 1.54) is 28.6 Å². The molecule has 0 spiro atoms. The lowest BCUT2D eigenvalue weighted by molar-refractivity contribution is 0.269. The Kier molecular flexibility index (Phi) is 4.19. The summed E-state index contributed by atoms with van der Waals surface area (Å²) in [4.78, 5) is 0.0827. The molecule has 0 saturated carbocycles. The first kappa shape index (κ1) is 14.7. The Balaban J connectivity index is 3.30. The van der Waals surface area contributed by atoms with Crippen molar-refractivity contribution in [3.63, 3.8) is 0 Å². The number of benzene rings is 1. The molecule has 0 aliphatic carbocycles. The molecule has 0 fully saturated rings. The van der Waals surface area contributed by atoms with Gasteiger partial charge in [-0.25, -0.2) is 8.42 Å². The van der Waals surface area contributed by atoms with Crippen LogP contribution in [0.5, 0.6) is 5.75 Å². The van der Waals surface area contributed by atoms with Gasteiger partial charge in [0.25, 0.3) is 0 Å². The molecular weight excluding hydrogens is 250 g/mol. The SMILES string of the molecule is C=CCN(C(C)(C)C)S(=O)(=O)c1cccc(O)c1. The molecule has 1 aromatic rings. The summed E-state index contributed by atoms with van der Waals surface area (Å²) in [7, 11) is -3.64. The fourth-order valence-electron chi connectivity index (χ4n) is 1.62. The first-order valence-corrected chi connectivity index (χ1v) is 7.06. The number of hydrogen-bond acceptors (Lipinski definition) is 3. The summed E-state index contributed by atoms with van der Waals surface area (Å²) >= 11 is 0. The highest BCUT2D eigenvalue weighted by atomic mass is 32.2. The number of phenols is 1. The topological polar surface area (TPSA) is 57.6 Å². The number of nitrogens with zero attached hydrogens (tertiary/aromatic N) is 1. The minimum absolute atomic E-state index is 0.0662. The molecule has 0 aromatic heterocycles. The molecule has 0 aliphatic rings. The quantitative estimate of drug-likeness (QED) is 0.854. The zero-order chi connectivity index (χ0) is 14.0. The van der Waals surface area contributed by atoms with Crippen LogP contribution in [0, 0.1) is 0 Å². The van der Waals surface area contributed by atoms with Gasteiger partial charge in [0.05, 0.1) is 4.90 Å². The lowest BCUT2D eigenvalue weighted by Crippen LogP contribution is -2.45. The van der Waals surface area contributed by atoms with E-state index in [2.05, 4.69) is 6.58 Å². The summed E-state index contributed by atoms with van der Waals surface area (Å²) in [6, 6.07) is 5.67. The number of hydrogen-bond donors (Lipinski definition) is 1. The van der Waals surface area contributed by atoms with E-state index in [-0.39, 0.29) is 17.2 Å². The molecule has 0 unspecified atom stereocenters. The predicted molar refractivity (Wildman–Crippen MR) is 71.9 cm³/mol. The van der Waals surface area contributed by atoms with Crippen LogP contribution in [0.15, 0.2) is 41.8 Å². The smallest absolute Gasteiger partial charge is 0.243 e. The van der Waals surface area contributed by atoms with Crippen molar-refractivity contribution in [2.75, 3.05) is 6.54 Å². The molecule has 0 radical (unpaired) electrons. The average molecular weight is 269 g/mol. The van der Waals surface area contributed by atoms with Crippen LogP contribution in [-0.2, 0) is 10.0 Å². The third-order valence-corrected chi connectivity index (χ3v) is 4.58. The van der Waals surface area contributed by atoms with Crippen molar-refractivity contribution in [1.29, 1.82) is 0 Å². The van der Waals surface area contributed by atoms with E-state index in [9.17, 15) is 13.5 Å². The van der Waals surface area contributed by atoms with Crippen LogP contribution in [0.25, 0.3) is 0 Å². The van der Waals surface area contributed by atoms with Crippen LogP contribution in [0.3, 0.4) is 0 Å². The summed E-state index contributed by atoms with van der Waals surface area (Å²) in [5.74, 6) is -0.0662. The third-order valence-electron chi connectivity index (χ3n) is 2.45. The fourth-order valence-corrected chi connectivity index (χ4v) is 3.42. The predicted octanol–water partition coefficient (Wildman–Crippen LogP) is 2.37. The summed E-state index contributed by atoms with van der Waals surface area (Å²) in [5.41, 5.74) is -0.557. The molecule has 4 nitrogen and oxygen atoms in total. The van der Waals surface area contributed by atoms with Crippen molar-refractivity contribution in [2.45, 2.75) is 31.2 Å². The van der Waals surface area contributed by atoms with Crippen LogP contribution in [0.4, 0.5) is 0 Å². The molecule has 100 valence electrons. The molecule has 0 saturated heterocycles. The highest BCUT2D eigenvalue weighted by Crippen LogP contribution is 2.26. The molecule has 18 heavy (non-hydrogen) atoms. The van der Waals surface area contributed by atoms with Gasteiger partial charge < -0.3 is 5.11 Å². The van der Waals surface area contributed by atoms with Gasteiger partial charge in [0.2, 0.25) is 10.0 Å². The Morgan fingerprint density at radius 1 is 1.39 bits per heavy atom. The van der Waals surface area contributed by atoms with Gasteiger partial charge in [0.15, 0.2) is 0 Å². The summed E-state index contributed by atoms with van der Waals surface area (Å²) in [5, 5.41) is 9.39. The minimum atomic E-state index is -3.64. The fraction of sp³-hybridized carbons (Fsp3) is 0.385. The van der Waals surface area contributed by atoms with Gasteiger partial charge in [-0.05, 0) is 39.0 Å². The van der Waals surface area contributed by atoms with Crippen molar-refractivity contribution >= 4 is 10.0 Å². The lowest BCUT2D eigenvalue weighted by Gasteiger charge is -2.33. The highest BCUT2D eigenvalue weighted by molar-refractivity contribution is 7.89. The van der Waals surface area contributed by atoms with Gasteiger partial charge in [-0.15, -0.1) is 6.58 Å². The molecule has 5 heteroatoms. The minimum Gasteiger partial charge on any atom is -0.508 e. The summed E-state index contributed by atoms with van der Waals surface area (Å²) < 4.78 is 26.3. The van der Waals surface area contributed by atoms with E-state index in [1.54, 1.807) is 6.08 Å². The second kappa shape index (κ2) is 5.12. The number of aromatic hydroxyl groups is 1. The maximum Gasteiger partial charge on any atom is 0.243 e. The molecule has 0 amide bonds. The first-order valence-electron chi connectivity index (χ1n) is 5.62. The first-order chi connectivity index (χ1) is 8.19. The molecule has 0 heterocycles. The van der Waals surface area contributed by atoms with Gasteiger partial charge in [-0.3, -0.25) is 0 Å². The zero-order valence-corrected chi connectivity index (χ0v) is 11.7. The lowest BCUT2D eigenvalue weighted by atomic mass is 10.1. The van der Waals surface area contributed by atoms with Crippen molar-refractivity contribution < 1.29 is 13.5 Å². The molecule has 1 N–H and O–H groups in total. The van der Waals surface area contributed by atoms with Crippen LogP contribution in [0.1, 0.15) is 20.8 Å². The van der Waals surface area contributed by atoms with Crippen molar-refractivity contribution in [2.24, 2.45) is 0 Å². The molecule has 0 atom stereocenters. The summed E-state index contributed by atoms with van der Waals surface area (Å²) in [6.07, 6.45) is 1.55. The standard InChI is InChI=1S/C13H19NO3S/c1-5-9-14(13(2,3)4)18(16,17)12-8-6-7-11(15)10-12/h5-8,10,15H,1,9H2,2-4H3. The van der Waals surface area contributed by atoms with E-state index in [0.717, 1.165) is 0 Å². The van der Waals surface area contributed by atoms with Gasteiger partial charge in [0.1, 0.15) is 5.75 Å². The zero-order valence-electron chi connectivity index (χ0n) is 10.9. The average Bonchev–Trinajstić information content (AvgIpc) is 2.24. The highest BCUT2D eigenvalue weighted by Gasteiger charge is 2.33. The van der Waals surface area contributed by atoms with E-state index >= 15 is 0 Å². The van der Waals surface area contributed by atoms with E-state index < -0.39 is 15.6 Å². The Morgan fingerprint density at radius 2 is 2.00 bits per heavy atom. The second-order valence-corrected chi connectivity index (χ2v) is 6.86. The van der Waals surface area contributed by atoms with E-state index in [0.29, 0.717) is 0 Å². The maximum absolute atomic E-state index is 12.5. The van der Waals surface area contributed by atoms with Gasteiger partial charge in [-0.1, -0.05) is 12.1 Å². The molecule has 0 bridgehead atoms. The summed E-state index contributed by atoms with van der Waals surface area (Å²) in [6.45, 7) is 9.26. The number of phenolic OH excluding ortho intramolecular Hbond substituents is 1. The van der Waals surface area contributed by atoms with Crippen LogP contribution in [0.2, 0.25) is 0 Å². The Hall–Kier alpha value is -1.33. The van der Waals surface area contributed by atoms with Crippen molar-refractivity contribution in [1.82, 2.24) is 4.31 Å². The number of sulfonamides is 1. The Bertz CT molecular complexity index is 529. The van der Waals surface area contributed by atoms with Crippen LogP contribution in [-0.4, -0.2) is 29.9 Å². The van der Waals surface area contributed by atoms with Crippen LogP contribution >= 0.6 is 0 Å². The number of rotatable bonds is 4. The second-order valence-electron chi connectivity index (χ2n) is 4.99. The van der Waals surface area contributed by atoms with Gasteiger partial charge in [0, 0.05) is 12.1 Å². The molecule has 1 rings (SSSR count). The largest absolute Gasteiger partial charge is 0.508 e. The van der Waals surface area contributed by atoms with Gasteiger partial charge in [-0.2, -0.15) is 4.31 Å². The third kappa shape index (κ3) is 3.11. The molecule has 0 aliphatic heterocycles. The Labute approximate surface area is 109 Å². The molecular formula is C13H19NO3S. The normalized spacial score (nSPS) is 12.7. The van der Waals surface area contributed by atoms with E-state index in [4.69, 9.17) is 0 Å². The maximum atomic E-state index is 12.5. The van der Waals surface area contributed by atoms with E-state index in [1.807, 2.05) is 20.8 Å². The van der Waals surface area contributed by atoms with Gasteiger partial charge >= 0.3 is 0 Å². The monoisotopic (exact) mass is 269 g/mol. The van der Waals surface area contributed by atoms with Crippen molar-refractivity contribution in [3.8, 4) is 5.75 Å². The molecule has 1 aromatic carbocycles. The van der Waals surface area contributed by atoms with Crippen LogP contribution < -0.4 is 0 Å².